The van der Waals surface area contributed by atoms with E-state index in [0.29, 0.717) is 12.2 Å². The van der Waals surface area contributed by atoms with E-state index in [4.69, 9.17) is 0 Å². The first-order valence-corrected chi connectivity index (χ1v) is 8.97. The summed E-state index contributed by atoms with van der Waals surface area (Å²) in [6.45, 7) is 1.41. The largest absolute Gasteiger partial charge is 0.329 e. The number of carbonyl (C=O) groups is 1. The Kier molecular flexibility index (Phi) is 4.13. The van der Waals surface area contributed by atoms with Gasteiger partial charge in [0.25, 0.3) is 5.91 Å². The molecular weight excluding hydrogens is 320 g/mol. The quantitative estimate of drug-likeness (QED) is 0.733. The number of benzene rings is 1. The van der Waals surface area contributed by atoms with Crippen molar-refractivity contribution in [2.45, 2.75) is 25.4 Å². The third-order valence-corrected chi connectivity index (χ3v) is 5.30. The van der Waals surface area contributed by atoms with E-state index in [-0.39, 0.29) is 11.9 Å². The Morgan fingerprint density at radius 2 is 2.08 bits per heavy atom. The highest BCUT2D eigenvalue weighted by Gasteiger charge is 2.32. The number of aromatic nitrogens is 3. The lowest BCUT2D eigenvalue weighted by atomic mass is 10.2. The van der Waals surface area contributed by atoms with Gasteiger partial charge in [0.1, 0.15) is 0 Å². The van der Waals surface area contributed by atoms with E-state index in [0.717, 1.165) is 24.9 Å². The summed E-state index contributed by atoms with van der Waals surface area (Å²) in [4.78, 5) is 16.0. The van der Waals surface area contributed by atoms with Gasteiger partial charge in [-0.3, -0.25) is 4.79 Å². The van der Waals surface area contributed by atoms with Crippen molar-refractivity contribution in [3.8, 4) is 0 Å². The van der Waals surface area contributed by atoms with E-state index in [9.17, 15) is 4.79 Å². The van der Waals surface area contributed by atoms with E-state index in [2.05, 4.69) is 21.8 Å². The van der Waals surface area contributed by atoms with Crippen LogP contribution in [0.2, 0.25) is 0 Å². The van der Waals surface area contributed by atoms with Gasteiger partial charge < -0.3 is 4.90 Å². The van der Waals surface area contributed by atoms with Crippen LogP contribution in [0.1, 0.15) is 39.8 Å². The highest BCUT2D eigenvalue weighted by molar-refractivity contribution is 7.10. The number of amides is 1. The number of nitrogens with zero attached hydrogens (tertiary/aromatic N) is 4. The number of likely N-dealkylation sites (tertiary alicyclic amines) is 1. The van der Waals surface area contributed by atoms with Crippen LogP contribution < -0.4 is 0 Å². The zero-order valence-corrected chi connectivity index (χ0v) is 14.0. The minimum atomic E-state index is -0.0230. The fraction of sp³-hybridized carbons (Fsp3) is 0.278. The summed E-state index contributed by atoms with van der Waals surface area (Å²) >= 11 is 1.71. The van der Waals surface area contributed by atoms with E-state index >= 15 is 0 Å². The number of hydrogen-bond donors (Lipinski definition) is 0. The maximum absolute atomic E-state index is 12.8. The second kappa shape index (κ2) is 6.57. The van der Waals surface area contributed by atoms with Crippen LogP contribution in [0.3, 0.4) is 0 Å². The topological polar surface area (TPSA) is 51.0 Å². The molecule has 1 aliphatic rings. The zero-order chi connectivity index (χ0) is 16.4. The lowest BCUT2D eigenvalue weighted by Gasteiger charge is -2.22. The first-order chi connectivity index (χ1) is 11.8. The molecule has 1 amide bonds. The second-order valence-corrected chi connectivity index (χ2v) is 6.94. The van der Waals surface area contributed by atoms with Crippen LogP contribution in [-0.2, 0) is 6.54 Å². The van der Waals surface area contributed by atoms with Crippen molar-refractivity contribution in [1.29, 1.82) is 0 Å². The lowest BCUT2D eigenvalue weighted by Crippen LogP contribution is -2.30. The van der Waals surface area contributed by atoms with E-state index in [1.807, 2.05) is 41.3 Å². The summed E-state index contributed by atoms with van der Waals surface area (Å²) in [7, 11) is 0. The van der Waals surface area contributed by atoms with E-state index in [1.54, 1.807) is 22.2 Å². The number of carbonyl (C=O) groups excluding carboxylic acids is 1. The molecule has 0 saturated carbocycles. The summed E-state index contributed by atoms with van der Waals surface area (Å²) in [5, 5.41) is 10.3. The summed E-state index contributed by atoms with van der Waals surface area (Å²) < 4.78 is 1.72. The molecular formula is C18H18N4OS. The highest BCUT2D eigenvalue weighted by Crippen LogP contribution is 2.35. The maximum atomic E-state index is 12.8. The van der Waals surface area contributed by atoms with Crippen LogP contribution >= 0.6 is 11.3 Å². The van der Waals surface area contributed by atoms with Crippen molar-refractivity contribution in [3.05, 3.63) is 70.2 Å². The van der Waals surface area contributed by atoms with Crippen LogP contribution in [0.5, 0.6) is 0 Å². The third kappa shape index (κ3) is 2.97. The molecule has 1 aromatic carbocycles. The predicted octanol–water partition coefficient (Wildman–Crippen LogP) is 3.37. The van der Waals surface area contributed by atoms with Crippen LogP contribution in [0.25, 0.3) is 0 Å². The van der Waals surface area contributed by atoms with Gasteiger partial charge in [-0.25, -0.2) is 4.68 Å². The Morgan fingerprint density at radius 1 is 1.21 bits per heavy atom. The Balaban J connectivity index is 1.50. The molecule has 1 fully saturated rings. The SMILES string of the molecule is O=C(c1cn(Cc2ccccc2)nn1)N1CCC[C@H]1c1cccs1. The minimum Gasteiger partial charge on any atom is -0.329 e. The summed E-state index contributed by atoms with van der Waals surface area (Å²) in [5.74, 6) is -0.0230. The van der Waals surface area contributed by atoms with E-state index in [1.165, 1.54) is 4.88 Å². The lowest BCUT2D eigenvalue weighted by molar-refractivity contribution is 0.0732. The molecule has 1 aliphatic heterocycles. The highest BCUT2D eigenvalue weighted by atomic mass is 32.1. The van der Waals surface area contributed by atoms with Crippen LogP contribution in [-0.4, -0.2) is 32.3 Å². The molecule has 4 rings (SSSR count). The van der Waals surface area contributed by atoms with Crippen molar-refractivity contribution in [2.24, 2.45) is 0 Å². The Bertz CT molecular complexity index is 813. The zero-order valence-electron chi connectivity index (χ0n) is 13.2. The Morgan fingerprint density at radius 3 is 2.88 bits per heavy atom. The van der Waals surface area contributed by atoms with Gasteiger partial charge in [-0.15, -0.1) is 16.4 Å². The Hall–Kier alpha value is -2.47. The monoisotopic (exact) mass is 338 g/mol. The molecule has 24 heavy (non-hydrogen) atoms. The normalized spacial score (nSPS) is 17.3. The molecule has 3 heterocycles. The number of hydrogen-bond acceptors (Lipinski definition) is 4. The molecule has 3 aromatic rings. The molecule has 2 aromatic heterocycles. The molecule has 1 saturated heterocycles. The van der Waals surface area contributed by atoms with Crippen molar-refractivity contribution in [3.63, 3.8) is 0 Å². The predicted molar refractivity (Wildman–Crippen MR) is 92.9 cm³/mol. The maximum Gasteiger partial charge on any atom is 0.276 e. The molecule has 0 N–H and O–H groups in total. The van der Waals surface area contributed by atoms with E-state index < -0.39 is 0 Å². The third-order valence-electron chi connectivity index (χ3n) is 4.33. The minimum absolute atomic E-state index is 0.0230. The van der Waals surface area contributed by atoms with Gasteiger partial charge in [0.05, 0.1) is 18.8 Å². The van der Waals surface area contributed by atoms with Crippen LogP contribution in [0, 0.1) is 0 Å². The summed E-state index contributed by atoms with van der Waals surface area (Å²) in [5.41, 5.74) is 1.56. The number of thiophene rings is 1. The van der Waals surface area contributed by atoms with Crippen molar-refractivity contribution >= 4 is 17.2 Å². The standard InChI is InChI=1S/C18H18N4OS/c23-18(22-10-4-8-16(22)17-9-5-11-24-17)15-13-21(20-19-15)12-14-6-2-1-3-7-14/h1-3,5-7,9,11,13,16H,4,8,10,12H2/t16-/m0/s1. The molecule has 0 radical (unpaired) electrons. The molecule has 6 heteroatoms. The molecule has 5 nitrogen and oxygen atoms in total. The van der Waals surface area contributed by atoms with Gasteiger partial charge in [-0.2, -0.15) is 0 Å². The van der Waals surface area contributed by atoms with Gasteiger partial charge in [0.15, 0.2) is 5.69 Å². The van der Waals surface area contributed by atoms with Gasteiger partial charge in [-0.05, 0) is 29.9 Å². The van der Waals surface area contributed by atoms with Crippen molar-refractivity contribution in [2.75, 3.05) is 6.54 Å². The first-order valence-electron chi connectivity index (χ1n) is 8.10. The fourth-order valence-electron chi connectivity index (χ4n) is 3.18. The summed E-state index contributed by atoms with van der Waals surface area (Å²) in [6, 6.07) is 14.4. The molecule has 0 aliphatic carbocycles. The summed E-state index contributed by atoms with van der Waals surface area (Å²) in [6.07, 6.45) is 3.80. The van der Waals surface area contributed by atoms with Crippen LogP contribution in [0.4, 0.5) is 0 Å². The molecule has 0 bridgehead atoms. The van der Waals surface area contributed by atoms with Crippen molar-refractivity contribution < 1.29 is 4.79 Å². The molecule has 1 atom stereocenters. The fourth-order valence-corrected chi connectivity index (χ4v) is 4.05. The smallest absolute Gasteiger partial charge is 0.276 e. The number of rotatable bonds is 4. The molecule has 0 unspecified atom stereocenters. The first kappa shape index (κ1) is 15.1. The van der Waals surface area contributed by atoms with Gasteiger partial charge >= 0.3 is 0 Å². The second-order valence-electron chi connectivity index (χ2n) is 5.96. The van der Waals surface area contributed by atoms with Gasteiger partial charge in [0.2, 0.25) is 0 Å². The Labute approximate surface area is 144 Å². The molecule has 0 spiro atoms. The van der Waals surface area contributed by atoms with Crippen molar-refractivity contribution in [1.82, 2.24) is 19.9 Å². The van der Waals surface area contributed by atoms with Gasteiger partial charge in [0, 0.05) is 11.4 Å². The average molecular weight is 338 g/mol. The van der Waals surface area contributed by atoms with Gasteiger partial charge in [-0.1, -0.05) is 41.6 Å². The van der Waals surface area contributed by atoms with Crippen LogP contribution in [0.15, 0.2) is 54.0 Å². The average Bonchev–Trinajstić information content (AvgIpc) is 3.35. The molecule has 122 valence electrons.